The van der Waals surface area contributed by atoms with Crippen molar-refractivity contribution in [2.24, 2.45) is 11.3 Å². The number of benzene rings is 1. The van der Waals surface area contributed by atoms with Gasteiger partial charge < -0.3 is 14.4 Å². The zero-order valence-electron chi connectivity index (χ0n) is 15.8. The molecule has 1 aromatic carbocycles. The molecule has 28 heavy (non-hydrogen) atoms. The van der Waals surface area contributed by atoms with Gasteiger partial charge in [0, 0.05) is 37.5 Å². The number of amides is 4. The highest BCUT2D eigenvalue weighted by Gasteiger charge is 2.49. The van der Waals surface area contributed by atoms with Gasteiger partial charge in [-0.3, -0.25) is 19.8 Å². The Morgan fingerprint density at radius 1 is 1.29 bits per heavy atom. The van der Waals surface area contributed by atoms with Gasteiger partial charge in [-0.1, -0.05) is 0 Å². The van der Waals surface area contributed by atoms with Crippen molar-refractivity contribution in [1.82, 2.24) is 10.2 Å². The van der Waals surface area contributed by atoms with Crippen molar-refractivity contribution in [2.45, 2.75) is 25.7 Å². The van der Waals surface area contributed by atoms with Crippen LogP contribution in [0.15, 0.2) is 18.2 Å². The highest BCUT2D eigenvalue weighted by atomic mass is 16.5. The molecule has 1 N–H and O–H groups in total. The lowest BCUT2D eigenvalue weighted by Gasteiger charge is -2.42. The average Bonchev–Trinajstić information content (AvgIpc) is 3.11. The average molecular weight is 385 g/mol. The molecule has 0 unspecified atom stereocenters. The van der Waals surface area contributed by atoms with Gasteiger partial charge in [0.2, 0.25) is 5.91 Å². The van der Waals surface area contributed by atoms with E-state index in [4.69, 9.17) is 4.74 Å². The molecule has 4 amide bonds. The number of hydrogen-bond donors (Lipinski definition) is 1. The third-order valence-corrected chi connectivity index (χ3v) is 6.08. The van der Waals surface area contributed by atoms with Gasteiger partial charge in [-0.15, -0.1) is 0 Å². The predicted molar refractivity (Wildman–Crippen MR) is 100 cm³/mol. The van der Waals surface area contributed by atoms with Crippen LogP contribution in [-0.2, 0) is 9.59 Å². The molecule has 0 aromatic heterocycles. The summed E-state index contributed by atoms with van der Waals surface area (Å²) in [5.74, 6) is 0.183. The summed E-state index contributed by atoms with van der Waals surface area (Å²) in [5, 5.41) is 2.29. The number of rotatable bonds is 4. The molecule has 8 nitrogen and oxygen atoms in total. The maximum atomic E-state index is 13.0. The van der Waals surface area contributed by atoms with Crippen LogP contribution in [-0.4, -0.2) is 55.8 Å². The molecule has 1 aromatic rings. The van der Waals surface area contributed by atoms with Gasteiger partial charge in [0.05, 0.1) is 12.8 Å². The molecule has 4 rings (SSSR count). The zero-order chi connectivity index (χ0) is 19.9. The molecular formula is C20H23N3O5. The lowest BCUT2D eigenvalue weighted by atomic mass is 9.62. The smallest absolute Gasteiger partial charge is 0.328 e. The first-order valence-corrected chi connectivity index (χ1v) is 9.49. The maximum absolute atomic E-state index is 13.0. The van der Waals surface area contributed by atoms with E-state index in [-0.39, 0.29) is 36.1 Å². The van der Waals surface area contributed by atoms with Crippen LogP contribution in [0.4, 0.5) is 10.5 Å². The number of imide groups is 1. The van der Waals surface area contributed by atoms with Gasteiger partial charge >= 0.3 is 6.03 Å². The van der Waals surface area contributed by atoms with Gasteiger partial charge in [-0.25, -0.2) is 4.79 Å². The van der Waals surface area contributed by atoms with Gasteiger partial charge in [-0.05, 0) is 42.9 Å². The van der Waals surface area contributed by atoms with Crippen LogP contribution in [0.1, 0.15) is 36.0 Å². The molecule has 3 fully saturated rings. The number of carbonyl (C=O) groups is 4. The number of methoxy groups -OCH3 is 1. The summed E-state index contributed by atoms with van der Waals surface area (Å²) in [6.45, 7) is 1.57. The van der Waals surface area contributed by atoms with E-state index in [9.17, 15) is 19.2 Å². The van der Waals surface area contributed by atoms with E-state index in [1.165, 1.54) is 12.0 Å². The molecule has 0 bridgehead atoms. The fourth-order valence-corrected chi connectivity index (χ4v) is 4.60. The molecule has 0 atom stereocenters. The Morgan fingerprint density at radius 2 is 2.07 bits per heavy atom. The summed E-state index contributed by atoms with van der Waals surface area (Å²) in [6.07, 6.45) is 3.84. The topological polar surface area (TPSA) is 96.0 Å². The van der Waals surface area contributed by atoms with Crippen LogP contribution in [0.3, 0.4) is 0 Å². The second-order valence-electron chi connectivity index (χ2n) is 7.92. The van der Waals surface area contributed by atoms with Crippen molar-refractivity contribution in [1.29, 1.82) is 0 Å². The van der Waals surface area contributed by atoms with Crippen molar-refractivity contribution >= 4 is 29.8 Å². The summed E-state index contributed by atoms with van der Waals surface area (Å²) in [4.78, 5) is 50.8. The molecule has 2 heterocycles. The standard InChI is InChI=1S/C20H23N3O5/c1-28-16-3-2-14(8-15(16)23-6-4-17(25)21-19(23)27)18(26)22-7-5-20(12-22)9-13(10-20)11-24/h2-3,8,11,13H,4-7,9-10,12H2,1H3,(H,21,25,27). The summed E-state index contributed by atoms with van der Waals surface area (Å²) in [5.41, 5.74) is 1.03. The van der Waals surface area contributed by atoms with E-state index in [0.29, 0.717) is 30.1 Å². The first kappa shape index (κ1) is 18.5. The Labute approximate surface area is 162 Å². The van der Waals surface area contributed by atoms with Gasteiger partial charge in [-0.2, -0.15) is 0 Å². The van der Waals surface area contributed by atoms with Crippen molar-refractivity contribution < 1.29 is 23.9 Å². The SMILES string of the molecule is COc1ccc(C(=O)N2CCC3(CC(C=O)C3)C2)cc1N1CCC(=O)NC1=O. The van der Waals surface area contributed by atoms with E-state index in [2.05, 4.69) is 5.32 Å². The number of ether oxygens (including phenoxy) is 1. The fourth-order valence-electron chi connectivity index (χ4n) is 4.60. The monoisotopic (exact) mass is 385 g/mol. The van der Waals surface area contributed by atoms with Gasteiger partial charge in [0.1, 0.15) is 12.0 Å². The summed E-state index contributed by atoms with van der Waals surface area (Å²) in [7, 11) is 1.50. The fraction of sp³-hybridized carbons (Fsp3) is 0.500. The Hall–Kier alpha value is -2.90. The Kier molecular flexibility index (Phi) is 4.56. The third kappa shape index (κ3) is 3.12. The molecule has 1 spiro atoms. The minimum atomic E-state index is -0.520. The molecule has 8 heteroatoms. The first-order valence-electron chi connectivity index (χ1n) is 9.49. The molecule has 1 aliphatic carbocycles. The van der Waals surface area contributed by atoms with Crippen LogP contribution >= 0.6 is 0 Å². The number of hydrogen-bond acceptors (Lipinski definition) is 5. The molecule has 0 radical (unpaired) electrons. The summed E-state index contributed by atoms with van der Waals surface area (Å²) < 4.78 is 5.35. The molecule has 1 saturated carbocycles. The van der Waals surface area contributed by atoms with Crippen LogP contribution in [0.5, 0.6) is 5.75 Å². The lowest BCUT2D eigenvalue weighted by molar-refractivity contribution is -0.120. The van der Waals surface area contributed by atoms with Gasteiger partial charge in [0.15, 0.2) is 0 Å². The number of nitrogens with one attached hydrogen (secondary N) is 1. The second-order valence-corrected chi connectivity index (χ2v) is 7.92. The van der Waals surface area contributed by atoms with Crippen molar-refractivity contribution in [3.05, 3.63) is 23.8 Å². The Balaban J connectivity index is 1.54. The normalized spacial score (nSPS) is 26.8. The summed E-state index contributed by atoms with van der Waals surface area (Å²) in [6, 6.07) is 4.49. The van der Waals surface area contributed by atoms with Crippen LogP contribution in [0, 0.1) is 11.3 Å². The number of nitrogens with zero attached hydrogens (tertiary/aromatic N) is 2. The highest BCUT2D eigenvalue weighted by molar-refractivity contribution is 6.07. The van der Waals surface area contributed by atoms with E-state index in [0.717, 1.165) is 25.5 Å². The zero-order valence-corrected chi connectivity index (χ0v) is 15.8. The Bertz CT molecular complexity index is 846. The molecule has 3 aliphatic rings. The van der Waals surface area contributed by atoms with E-state index < -0.39 is 6.03 Å². The third-order valence-electron chi connectivity index (χ3n) is 6.08. The van der Waals surface area contributed by atoms with Crippen molar-refractivity contribution in [3.63, 3.8) is 0 Å². The largest absolute Gasteiger partial charge is 0.495 e. The minimum Gasteiger partial charge on any atom is -0.495 e. The van der Waals surface area contributed by atoms with Crippen molar-refractivity contribution in [2.75, 3.05) is 31.6 Å². The first-order chi connectivity index (χ1) is 13.4. The van der Waals surface area contributed by atoms with E-state index in [1.54, 1.807) is 18.2 Å². The number of urea groups is 1. The molecular weight excluding hydrogens is 362 g/mol. The maximum Gasteiger partial charge on any atom is 0.328 e. The van der Waals surface area contributed by atoms with E-state index >= 15 is 0 Å². The van der Waals surface area contributed by atoms with Crippen LogP contribution < -0.4 is 15.0 Å². The van der Waals surface area contributed by atoms with Gasteiger partial charge in [0.25, 0.3) is 5.91 Å². The number of aldehydes is 1. The second kappa shape index (κ2) is 6.92. The lowest BCUT2D eigenvalue weighted by Crippen LogP contribution is -2.49. The van der Waals surface area contributed by atoms with Crippen molar-refractivity contribution in [3.8, 4) is 5.75 Å². The Morgan fingerprint density at radius 3 is 2.75 bits per heavy atom. The summed E-state index contributed by atoms with van der Waals surface area (Å²) >= 11 is 0. The molecule has 2 saturated heterocycles. The number of carbonyl (C=O) groups excluding carboxylic acids is 4. The van der Waals surface area contributed by atoms with Crippen LogP contribution in [0.25, 0.3) is 0 Å². The molecule has 148 valence electrons. The highest BCUT2D eigenvalue weighted by Crippen LogP contribution is 2.51. The van der Waals surface area contributed by atoms with Crippen LogP contribution in [0.2, 0.25) is 0 Å². The number of anilines is 1. The quantitative estimate of drug-likeness (QED) is 0.794. The molecule has 2 aliphatic heterocycles. The number of likely N-dealkylation sites (tertiary alicyclic amines) is 1. The minimum absolute atomic E-state index is 0.0870. The predicted octanol–water partition coefficient (Wildman–Crippen LogP) is 1.58. The van der Waals surface area contributed by atoms with E-state index in [1.807, 2.05) is 4.90 Å².